The molecule has 23 heavy (non-hydrogen) atoms. The van der Waals surface area contributed by atoms with Crippen LogP contribution in [0, 0.1) is 11.7 Å². The molecule has 1 atom stereocenters. The van der Waals surface area contributed by atoms with E-state index in [1.165, 1.54) is 0 Å². The zero-order valence-corrected chi connectivity index (χ0v) is 14.3. The maximum Gasteiger partial charge on any atom is 0.339 e. The van der Waals surface area contributed by atoms with Crippen LogP contribution in [0.1, 0.15) is 23.2 Å². The van der Waals surface area contributed by atoms with Gasteiger partial charge in [-0.2, -0.15) is 0 Å². The third kappa shape index (κ3) is 5.13. The summed E-state index contributed by atoms with van der Waals surface area (Å²) >= 11 is 0. The Kier molecular flexibility index (Phi) is 7.40. The van der Waals surface area contributed by atoms with Gasteiger partial charge in [0.25, 0.3) is 0 Å². The molecule has 1 saturated heterocycles. The van der Waals surface area contributed by atoms with Crippen LogP contribution in [0.3, 0.4) is 0 Å². The van der Waals surface area contributed by atoms with E-state index in [1.54, 1.807) is 0 Å². The van der Waals surface area contributed by atoms with Gasteiger partial charge in [0.1, 0.15) is 5.82 Å². The maximum absolute atomic E-state index is 13.4. The summed E-state index contributed by atoms with van der Waals surface area (Å²) in [5, 5.41) is 3.19. The minimum atomic E-state index is -3.99. The Balaban J connectivity index is 0.00000264. The number of rotatable bonds is 5. The third-order valence-corrected chi connectivity index (χ3v) is 5.06. The number of esters is 1. The van der Waals surface area contributed by atoms with Gasteiger partial charge in [0, 0.05) is 6.54 Å². The van der Waals surface area contributed by atoms with Gasteiger partial charge in [-0.3, -0.25) is 0 Å². The molecule has 2 N–H and O–H groups in total. The zero-order chi connectivity index (χ0) is 16.2. The van der Waals surface area contributed by atoms with Gasteiger partial charge in [-0.05, 0) is 50.0 Å². The van der Waals surface area contributed by atoms with Gasteiger partial charge in [-0.15, -0.1) is 12.4 Å². The fourth-order valence-corrected chi connectivity index (χ4v) is 3.72. The highest BCUT2D eigenvalue weighted by molar-refractivity contribution is 7.89. The number of benzene rings is 1. The van der Waals surface area contributed by atoms with Crippen LogP contribution in [0.25, 0.3) is 0 Å². The van der Waals surface area contributed by atoms with E-state index in [2.05, 4.69) is 14.8 Å². The topological polar surface area (TPSA) is 84.5 Å². The SMILES string of the molecule is COC(=O)c1ccc(F)cc1S(=O)(=O)NCC1CCCNC1.Cl. The van der Waals surface area contributed by atoms with E-state index in [-0.39, 0.29) is 30.4 Å². The molecule has 0 radical (unpaired) electrons. The Morgan fingerprint density at radius 3 is 2.83 bits per heavy atom. The first-order chi connectivity index (χ1) is 10.4. The molecule has 1 aliphatic rings. The predicted molar refractivity (Wildman–Crippen MR) is 85.8 cm³/mol. The van der Waals surface area contributed by atoms with Crippen molar-refractivity contribution in [2.75, 3.05) is 26.7 Å². The second-order valence-corrected chi connectivity index (χ2v) is 6.93. The Bertz CT molecular complexity index is 648. The zero-order valence-electron chi connectivity index (χ0n) is 12.7. The summed E-state index contributed by atoms with van der Waals surface area (Å²) in [7, 11) is -2.84. The van der Waals surface area contributed by atoms with Crippen molar-refractivity contribution in [2.24, 2.45) is 5.92 Å². The molecule has 1 aromatic carbocycles. The Labute approximate surface area is 141 Å². The van der Waals surface area contributed by atoms with Crippen molar-refractivity contribution >= 4 is 28.4 Å². The van der Waals surface area contributed by atoms with Crippen LogP contribution in [0.5, 0.6) is 0 Å². The van der Waals surface area contributed by atoms with Crippen molar-refractivity contribution in [3.8, 4) is 0 Å². The van der Waals surface area contributed by atoms with E-state index in [4.69, 9.17) is 0 Å². The highest BCUT2D eigenvalue weighted by atomic mass is 35.5. The van der Waals surface area contributed by atoms with Gasteiger partial charge >= 0.3 is 5.97 Å². The lowest BCUT2D eigenvalue weighted by atomic mass is 10.0. The van der Waals surface area contributed by atoms with Crippen molar-refractivity contribution in [2.45, 2.75) is 17.7 Å². The number of sulfonamides is 1. The molecule has 0 aliphatic carbocycles. The average Bonchev–Trinajstić information content (AvgIpc) is 2.53. The highest BCUT2D eigenvalue weighted by Gasteiger charge is 2.25. The largest absolute Gasteiger partial charge is 0.465 e. The van der Waals surface area contributed by atoms with Gasteiger partial charge < -0.3 is 10.1 Å². The number of carbonyl (C=O) groups is 1. The van der Waals surface area contributed by atoms with Crippen LogP contribution < -0.4 is 10.0 Å². The molecule has 0 aromatic heterocycles. The van der Waals surface area contributed by atoms with Crippen LogP contribution >= 0.6 is 12.4 Å². The van der Waals surface area contributed by atoms with Crippen LogP contribution in [0.2, 0.25) is 0 Å². The van der Waals surface area contributed by atoms with Gasteiger partial charge in [-0.25, -0.2) is 22.3 Å². The Morgan fingerprint density at radius 2 is 2.22 bits per heavy atom. The first-order valence-electron chi connectivity index (χ1n) is 7.02. The lowest BCUT2D eigenvalue weighted by molar-refractivity contribution is 0.0596. The summed E-state index contributed by atoms with van der Waals surface area (Å²) in [6.45, 7) is 1.90. The second-order valence-electron chi connectivity index (χ2n) is 5.20. The molecule has 1 aromatic rings. The molecule has 0 spiro atoms. The summed E-state index contributed by atoms with van der Waals surface area (Å²) in [6, 6.07) is 2.96. The smallest absolute Gasteiger partial charge is 0.339 e. The molecule has 1 unspecified atom stereocenters. The van der Waals surface area contributed by atoms with Gasteiger partial charge in [0.15, 0.2) is 0 Å². The normalized spacial score (nSPS) is 18.1. The van der Waals surface area contributed by atoms with Crippen molar-refractivity contribution in [3.63, 3.8) is 0 Å². The molecular formula is C14H20ClFN2O4S. The molecule has 9 heteroatoms. The first-order valence-corrected chi connectivity index (χ1v) is 8.50. The predicted octanol–water partition coefficient (Wildman–Crippen LogP) is 1.31. The standard InChI is InChI=1S/C14H19FN2O4S.ClH/c1-21-14(18)12-5-4-11(15)7-13(12)22(19,20)17-9-10-3-2-6-16-8-10;/h4-5,7,10,16-17H,2-3,6,8-9H2,1H3;1H. The van der Waals surface area contributed by atoms with Crippen LogP contribution in [0.15, 0.2) is 23.1 Å². The molecule has 6 nitrogen and oxygen atoms in total. The first kappa shape index (κ1) is 19.8. The quantitative estimate of drug-likeness (QED) is 0.768. The van der Waals surface area contributed by atoms with E-state index in [0.29, 0.717) is 0 Å². The third-order valence-electron chi connectivity index (χ3n) is 3.60. The summed E-state index contributed by atoms with van der Waals surface area (Å²) in [6.07, 6.45) is 1.91. The van der Waals surface area contributed by atoms with Crippen LogP contribution in [-0.4, -0.2) is 41.1 Å². The number of hydrogen-bond acceptors (Lipinski definition) is 5. The van der Waals surface area contributed by atoms with E-state index in [9.17, 15) is 17.6 Å². The number of piperidine rings is 1. The van der Waals surface area contributed by atoms with Crippen molar-refractivity contribution in [1.29, 1.82) is 0 Å². The number of carbonyl (C=O) groups excluding carboxylic acids is 1. The van der Waals surface area contributed by atoms with E-state index in [0.717, 1.165) is 51.2 Å². The molecule has 1 aliphatic heterocycles. The minimum Gasteiger partial charge on any atom is -0.465 e. The molecule has 0 saturated carbocycles. The molecule has 130 valence electrons. The van der Waals surface area contributed by atoms with Crippen LogP contribution in [0.4, 0.5) is 4.39 Å². The molecule has 1 heterocycles. The van der Waals surface area contributed by atoms with Crippen molar-refractivity contribution in [3.05, 3.63) is 29.6 Å². The lowest BCUT2D eigenvalue weighted by Gasteiger charge is -2.23. The average molecular weight is 367 g/mol. The van der Waals surface area contributed by atoms with Crippen LogP contribution in [-0.2, 0) is 14.8 Å². The Hall–Kier alpha value is -1.22. The highest BCUT2D eigenvalue weighted by Crippen LogP contribution is 2.19. The maximum atomic E-state index is 13.4. The molecule has 0 amide bonds. The van der Waals surface area contributed by atoms with E-state index < -0.39 is 26.7 Å². The fraction of sp³-hybridized carbons (Fsp3) is 0.500. The van der Waals surface area contributed by atoms with Gasteiger partial charge in [0.2, 0.25) is 10.0 Å². The number of nitrogens with one attached hydrogen (secondary N) is 2. The minimum absolute atomic E-state index is 0. The Morgan fingerprint density at radius 1 is 1.48 bits per heavy atom. The van der Waals surface area contributed by atoms with E-state index in [1.807, 2.05) is 0 Å². The fourth-order valence-electron chi connectivity index (χ4n) is 2.40. The molecule has 0 bridgehead atoms. The summed E-state index contributed by atoms with van der Waals surface area (Å²) < 4.78 is 45.1. The monoisotopic (exact) mass is 366 g/mol. The number of halogens is 2. The van der Waals surface area contributed by atoms with Gasteiger partial charge in [-0.1, -0.05) is 0 Å². The van der Waals surface area contributed by atoms with E-state index >= 15 is 0 Å². The lowest BCUT2D eigenvalue weighted by Crippen LogP contribution is -2.38. The number of hydrogen-bond donors (Lipinski definition) is 2. The summed E-state index contributed by atoms with van der Waals surface area (Å²) in [4.78, 5) is 11.3. The summed E-state index contributed by atoms with van der Waals surface area (Å²) in [5.74, 6) is -1.37. The number of methoxy groups -OCH3 is 1. The summed E-state index contributed by atoms with van der Waals surface area (Å²) in [5.41, 5.74) is -0.182. The van der Waals surface area contributed by atoms with Gasteiger partial charge in [0.05, 0.1) is 17.6 Å². The van der Waals surface area contributed by atoms with Crippen molar-refractivity contribution in [1.82, 2.24) is 10.0 Å². The number of ether oxygens (including phenoxy) is 1. The molecule has 2 rings (SSSR count). The molecular weight excluding hydrogens is 347 g/mol. The second kappa shape index (κ2) is 8.58. The molecule has 1 fully saturated rings. The van der Waals surface area contributed by atoms with Crippen molar-refractivity contribution < 1.29 is 22.3 Å².